The molecule has 1 aliphatic rings. The molecular weight excluding hydrogens is 250 g/mol. The van der Waals surface area contributed by atoms with Crippen LogP contribution in [-0.4, -0.2) is 15.7 Å². The SMILES string of the molecule is Cc1nn(C)c2c1CCCCc1ccccc1C(=O)N2. The van der Waals surface area contributed by atoms with E-state index in [9.17, 15) is 4.79 Å². The Balaban J connectivity index is 2.05. The molecule has 0 bridgehead atoms. The maximum atomic E-state index is 12.5. The van der Waals surface area contributed by atoms with Crippen LogP contribution in [0.4, 0.5) is 5.82 Å². The van der Waals surface area contributed by atoms with Crippen LogP contribution in [0.2, 0.25) is 0 Å². The van der Waals surface area contributed by atoms with E-state index in [0.29, 0.717) is 0 Å². The van der Waals surface area contributed by atoms with Gasteiger partial charge in [-0.2, -0.15) is 5.10 Å². The lowest BCUT2D eigenvalue weighted by atomic mass is 9.98. The van der Waals surface area contributed by atoms with Gasteiger partial charge in [0.25, 0.3) is 5.91 Å². The number of anilines is 1. The van der Waals surface area contributed by atoms with Crippen LogP contribution in [0.25, 0.3) is 0 Å². The highest BCUT2D eigenvalue weighted by Crippen LogP contribution is 2.24. The van der Waals surface area contributed by atoms with E-state index in [-0.39, 0.29) is 5.91 Å². The number of carbonyl (C=O) groups excluding carboxylic acids is 1. The Hall–Kier alpha value is -2.10. The summed E-state index contributed by atoms with van der Waals surface area (Å²) in [5.41, 5.74) is 4.09. The van der Waals surface area contributed by atoms with E-state index in [1.807, 2.05) is 38.2 Å². The Kier molecular flexibility index (Phi) is 3.30. The largest absolute Gasteiger partial charge is 0.307 e. The van der Waals surface area contributed by atoms with Crippen molar-refractivity contribution in [2.45, 2.75) is 32.6 Å². The van der Waals surface area contributed by atoms with Crippen molar-refractivity contribution < 1.29 is 4.79 Å². The van der Waals surface area contributed by atoms with Crippen LogP contribution in [0.3, 0.4) is 0 Å². The van der Waals surface area contributed by atoms with Gasteiger partial charge in [-0.3, -0.25) is 9.48 Å². The maximum Gasteiger partial charge on any atom is 0.257 e. The molecule has 1 aromatic carbocycles. The molecule has 4 heteroatoms. The summed E-state index contributed by atoms with van der Waals surface area (Å²) >= 11 is 0. The predicted octanol–water partition coefficient (Wildman–Crippen LogP) is 2.86. The van der Waals surface area contributed by atoms with Gasteiger partial charge in [-0.1, -0.05) is 18.2 Å². The third kappa shape index (κ3) is 2.22. The predicted molar refractivity (Wildman–Crippen MR) is 79.0 cm³/mol. The fraction of sp³-hybridized carbons (Fsp3) is 0.375. The smallest absolute Gasteiger partial charge is 0.257 e. The number of nitrogens with one attached hydrogen (secondary N) is 1. The average Bonchev–Trinajstić information content (AvgIpc) is 2.70. The highest BCUT2D eigenvalue weighted by molar-refractivity contribution is 6.05. The van der Waals surface area contributed by atoms with Gasteiger partial charge in [-0.05, 0) is 44.2 Å². The van der Waals surface area contributed by atoms with Crippen molar-refractivity contribution in [3.05, 3.63) is 46.6 Å². The van der Waals surface area contributed by atoms with E-state index >= 15 is 0 Å². The van der Waals surface area contributed by atoms with Crippen molar-refractivity contribution >= 4 is 11.7 Å². The first-order valence-electron chi connectivity index (χ1n) is 7.08. The van der Waals surface area contributed by atoms with Crippen LogP contribution in [-0.2, 0) is 19.9 Å². The molecule has 20 heavy (non-hydrogen) atoms. The van der Waals surface area contributed by atoms with E-state index in [0.717, 1.165) is 48.3 Å². The van der Waals surface area contributed by atoms with Crippen LogP contribution in [0.1, 0.15) is 40.0 Å². The van der Waals surface area contributed by atoms with Crippen LogP contribution >= 0.6 is 0 Å². The number of hydrogen-bond acceptors (Lipinski definition) is 2. The Bertz CT molecular complexity index is 658. The zero-order valence-electron chi connectivity index (χ0n) is 11.9. The topological polar surface area (TPSA) is 46.9 Å². The van der Waals surface area contributed by atoms with Crippen LogP contribution in [0.15, 0.2) is 24.3 Å². The molecular formula is C16H19N3O. The molecule has 0 atom stereocenters. The van der Waals surface area contributed by atoms with Gasteiger partial charge in [0.15, 0.2) is 0 Å². The highest BCUT2D eigenvalue weighted by Gasteiger charge is 2.19. The molecule has 1 aliphatic heterocycles. The summed E-state index contributed by atoms with van der Waals surface area (Å²) in [6.07, 6.45) is 4.14. The molecule has 0 unspecified atom stereocenters. The molecule has 3 rings (SSSR count). The quantitative estimate of drug-likeness (QED) is 0.799. The van der Waals surface area contributed by atoms with E-state index < -0.39 is 0 Å². The number of hydrogen-bond donors (Lipinski definition) is 1. The number of rotatable bonds is 0. The third-order valence-corrected chi connectivity index (χ3v) is 3.96. The fourth-order valence-electron chi connectivity index (χ4n) is 2.91. The molecule has 2 aromatic rings. The molecule has 0 spiro atoms. The minimum atomic E-state index is -0.0354. The minimum Gasteiger partial charge on any atom is -0.307 e. The number of aryl methyl sites for hydroxylation is 3. The molecule has 0 aliphatic carbocycles. The first-order valence-corrected chi connectivity index (χ1v) is 7.08. The molecule has 0 saturated carbocycles. The second-order valence-corrected chi connectivity index (χ2v) is 5.35. The van der Waals surface area contributed by atoms with Gasteiger partial charge >= 0.3 is 0 Å². The van der Waals surface area contributed by atoms with Gasteiger partial charge in [0.1, 0.15) is 5.82 Å². The zero-order chi connectivity index (χ0) is 14.1. The maximum absolute atomic E-state index is 12.5. The number of carbonyl (C=O) groups is 1. The van der Waals surface area contributed by atoms with E-state index in [4.69, 9.17) is 0 Å². The molecule has 1 amide bonds. The molecule has 0 fully saturated rings. The van der Waals surface area contributed by atoms with Gasteiger partial charge in [-0.25, -0.2) is 0 Å². The normalized spacial score (nSPS) is 15.2. The Labute approximate surface area is 118 Å². The van der Waals surface area contributed by atoms with Gasteiger partial charge in [0.2, 0.25) is 0 Å². The molecule has 0 radical (unpaired) electrons. The Morgan fingerprint density at radius 1 is 1.20 bits per heavy atom. The lowest BCUT2D eigenvalue weighted by molar-refractivity contribution is 0.102. The molecule has 1 aromatic heterocycles. The number of fused-ring (bicyclic) bond motifs is 2. The molecule has 104 valence electrons. The van der Waals surface area contributed by atoms with Gasteiger partial charge in [0.05, 0.1) is 5.69 Å². The van der Waals surface area contributed by atoms with E-state index in [1.165, 1.54) is 5.56 Å². The lowest BCUT2D eigenvalue weighted by Gasteiger charge is -2.14. The Morgan fingerprint density at radius 3 is 2.80 bits per heavy atom. The summed E-state index contributed by atoms with van der Waals surface area (Å²) in [7, 11) is 1.88. The second-order valence-electron chi connectivity index (χ2n) is 5.35. The zero-order valence-corrected chi connectivity index (χ0v) is 11.9. The summed E-state index contributed by atoms with van der Waals surface area (Å²) in [5.74, 6) is 0.802. The average molecular weight is 269 g/mol. The monoisotopic (exact) mass is 269 g/mol. The van der Waals surface area contributed by atoms with E-state index in [1.54, 1.807) is 4.68 Å². The summed E-state index contributed by atoms with van der Waals surface area (Å²) in [5, 5.41) is 7.47. The second kappa shape index (κ2) is 5.12. The van der Waals surface area contributed by atoms with Crippen molar-refractivity contribution in [3.8, 4) is 0 Å². The van der Waals surface area contributed by atoms with E-state index in [2.05, 4.69) is 10.4 Å². The van der Waals surface area contributed by atoms with Crippen molar-refractivity contribution in [1.82, 2.24) is 9.78 Å². The highest BCUT2D eigenvalue weighted by atomic mass is 16.1. The summed E-state index contributed by atoms with van der Waals surface area (Å²) in [6, 6.07) is 7.86. The molecule has 0 saturated heterocycles. The van der Waals surface area contributed by atoms with Crippen molar-refractivity contribution in [2.75, 3.05) is 5.32 Å². The first-order chi connectivity index (χ1) is 9.66. The fourth-order valence-corrected chi connectivity index (χ4v) is 2.91. The van der Waals surface area contributed by atoms with Gasteiger partial charge < -0.3 is 5.32 Å². The summed E-state index contributed by atoms with van der Waals surface area (Å²) < 4.78 is 1.77. The van der Waals surface area contributed by atoms with Gasteiger partial charge in [-0.15, -0.1) is 0 Å². The standard InChI is InChI=1S/C16H19N3O/c1-11-13-9-5-3-7-12-8-4-6-10-14(12)16(20)17-15(13)19(2)18-11/h4,6,8,10H,3,5,7,9H2,1-2H3,(H,17,20). The molecule has 4 nitrogen and oxygen atoms in total. The summed E-state index contributed by atoms with van der Waals surface area (Å²) in [4.78, 5) is 12.5. The minimum absolute atomic E-state index is 0.0354. The number of amides is 1. The van der Waals surface area contributed by atoms with Crippen molar-refractivity contribution in [1.29, 1.82) is 0 Å². The third-order valence-electron chi connectivity index (χ3n) is 3.96. The molecule has 2 heterocycles. The van der Waals surface area contributed by atoms with Crippen molar-refractivity contribution in [3.63, 3.8) is 0 Å². The summed E-state index contributed by atoms with van der Waals surface area (Å²) in [6.45, 7) is 2.00. The van der Waals surface area contributed by atoms with Crippen LogP contribution in [0.5, 0.6) is 0 Å². The lowest BCUT2D eigenvalue weighted by Crippen LogP contribution is -2.18. The Morgan fingerprint density at radius 2 is 1.95 bits per heavy atom. The number of aromatic nitrogens is 2. The van der Waals surface area contributed by atoms with Crippen LogP contribution in [0, 0.1) is 6.92 Å². The van der Waals surface area contributed by atoms with Gasteiger partial charge in [0, 0.05) is 18.2 Å². The number of benzene rings is 1. The van der Waals surface area contributed by atoms with Crippen LogP contribution < -0.4 is 5.32 Å². The van der Waals surface area contributed by atoms with Crippen molar-refractivity contribution in [2.24, 2.45) is 7.05 Å². The molecule has 1 N–H and O–H groups in total. The first kappa shape index (κ1) is 12.9. The number of nitrogens with zero attached hydrogens (tertiary/aromatic N) is 2.